The van der Waals surface area contributed by atoms with Crippen LogP contribution < -0.4 is 0 Å². The van der Waals surface area contributed by atoms with E-state index in [-0.39, 0.29) is 16.7 Å². The van der Waals surface area contributed by atoms with Gasteiger partial charge in [-0.3, -0.25) is 9.59 Å². The fourth-order valence-corrected chi connectivity index (χ4v) is 6.48. The molecule has 0 unspecified atom stereocenters. The van der Waals surface area contributed by atoms with E-state index in [9.17, 15) is 9.59 Å². The van der Waals surface area contributed by atoms with Crippen molar-refractivity contribution in [3.8, 4) is 0 Å². The van der Waals surface area contributed by atoms with Crippen molar-refractivity contribution in [3.63, 3.8) is 0 Å². The van der Waals surface area contributed by atoms with Crippen molar-refractivity contribution in [2.45, 2.75) is 43.4 Å². The molecule has 4 rings (SSSR count). The first kappa shape index (κ1) is 16.5. The quantitative estimate of drug-likeness (QED) is 0.807. The highest BCUT2D eigenvalue weighted by atomic mass is 32.2. The Kier molecular flexibility index (Phi) is 4.60. The molecule has 3 aliphatic rings. The fourth-order valence-electron chi connectivity index (χ4n) is 4.35. The molecule has 4 nitrogen and oxygen atoms in total. The minimum absolute atomic E-state index is 0.0898. The van der Waals surface area contributed by atoms with Crippen molar-refractivity contribution in [2.75, 3.05) is 25.4 Å². The molecule has 2 saturated heterocycles. The number of thioether (sulfide) groups is 1. The maximum atomic E-state index is 12.8. The Morgan fingerprint density at radius 2 is 1.88 bits per heavy atom. The maximum Gasteiger partial charge on any atom is 0.265 e. The summed E-state index contributed by atoms with van der Waals surface area (Å²) in [6.45, 7) is 2.44. The van der Waals surface area contributed by atoms with E-state index in [1.54, 1.807) is 0 Å². The number of nitrogens with zero attached hydrogens (tertiary/aromatic N) is 2. The van der Waals surface area contributed by atoms with Gasteiger partial charge in [0.05, 0.1) is 9.75 Å². The van der Waals surface area contributed by atoms with Crippen LogP contribution in [-0.4, -0.2) is 51.9 Å². The van der Waals surface area contributed by atoms with Crippen molar-refractivity contribution in [1.82, 2.24) is 9.80 Å². The van der Waals surface area contributed by atoms with Gasteiger partial charge in [0.25, 0.3) is 5.91 Å². The number of thiophene rings is 1. The summed E-state index contributed by atoms with van der Waals surface area (Å²) in [6.07, 6.45) is 6.36. The highest BCUT2D eigenvalue weighted by Gasteiger charge is 2.47. The molecule has 1 spiro atoms. The molecule has 2 amide bonds. The van der Waals surface area contributed by atoms with Gasteiger partial charge in [-0.25, -0.2) is 0 Å². The molecule has 1 aromatic heterocycles. The number of carbonyl (C=O) groups is 2. The molecular weight excluding hydrogens is 340 g/mol. The number of hydrogen-bond acceptors (Lipinski definition) is 4. The Morgan fingerprint density at radius 1 is 1.12 bits per heavy atom. The van der Waals surface area contributed by atoms with Gasteiger partial charge in [0.2, 0.25) is 5.91 Å². The molecule has 24 heavy (non-hydrogen) atoms. The predicted octanol–water partition coefficient (Wildman–Crippen LogP) is 3.45. The topological polar surface area (TPSA) is 40.6 Å². The number of amides is 2. The van der Waals surface area contributed by atoms with Gasteiger partial charge in [-0.1, -0.05) is 18.9 Å². The van der Waals surface area contributed by atoms with Crippen LogP contribution in [0.25, 0.3) is 0 Å². The molecule has 0 N–H and O–H groups in total. The lowest BCUT2D eigenvalue weighted by atomic mass is 9.99. The lowest BCUT2D eigenvalue weighted by molar-refractivity contribution is -0.137. The molecule has 1 saturated carbocycles. The Bertz CT molecular complexity index is 603. The summed E-state index contributed by atoms with van der Waals surface area (Å²) in [6, 6.07) is 3.86. The summed E-state index contributed by atoms with van der Waals surface area (Å²) in [5.41, 5.74) is 0. The lowest BCUT2D eigenvalue weighted by Crippen LogP contribution is -2.54. The smallest absolute Gasteiger partial charge is 0.265 e. The van der Waals surface area contributed by atoms with E-state index >= 15 is 0 Å². The van der Waals surface area contributed by atoms with E-state index in [4.69, 9.17) is 0 Å². The predicted molar refractivity (Wildman–Crippen MR) is 98.3 cm³/mol. The van der Waals surface area contributed by atoms with Gasteiger partial charge in [0.1, 0.15) is 0 Å². The normalized spacial score (nSPS) is 24.0. The minimum atomic E-state index is -0.0898. The standard InChI is InChI=1S/C18H24N2O2S2/c21-16(14-4-1-2-5-14)19-9-7-18(8-10-19)20(11-13-24-18)17(22)15-6-3-12-23-15/h3,6,12,14H,1-2,4-5,7-11,13H2. The maximum absolute atomic E-state index is 12.8. The SMILES string of the molecule is O=C(C1CCCC1)N1CCC2(CC1)SCCN2C(=O)c1cccs1. The molecule has 0 bridgehead atoms. The second-order valence-electron chi connectivity index (χ2n) is 7.04. The number of piperidine rings is 1. The zero-order valence-electron chi connectivity index (χ0n) is 13.9. The molecule has 3 heterocycles. The largest absolute Gasteiger partial charge is 0.342 e. The third-order valence-electron chi connectivity index (χ3n) is 5.72. The van der Waals surface area contributed by atoms with Crippen LogP contribution in [0.5, 0.6) is 0 Å². The third kappa shape index (κ3) is 2.88. The van der Waals surface area contributed by atoms with Gasteiger partial charge >= 0.3 is 0 Å². The molecular formula is C18H24N2O2S2. The molecule has 0 aromatic carbocycles. The first-order chi connectivity index (χ1) is 11.7. The molecule has 2 aliphatic heterocycles. The second-order valence-corrected chi connectivity index (χ2v) is 9.44. The molecule has 0 atom stereocenters. The van der Waals surface area contributed by atoms with Crippen molar-refractivity contribution >= 4 is 34.9 Å². The zero-order valence-corrected chi connectivity index (χ0v) is 15.5. The summed E-state index contributed by atoms with van der Waals surface area (Å²) in [5.74, 6) is 1.81. The summed E-state index contributed by atoms with van der Waals surface area (Å²) in [5, 5.41) is 1.96. The van der Waals surface area contributed by atoms with Crippen LogP contribution in [0.15, 0.2) is 17.5 Å². The highest BCUT2D eigenvalue weighted by molar-refractivity contribution is 8.00. The third-order valence-corrected chi connectivity index (χ3v) is 8.13. The van der Waals surface area contributed by atoms with Gasteiger partial charge in [0, 0.05) is 31.3 Å². The van der Waals surface area contributed by atoms with Crippen LogP contribution >= 0.6 is 23.1 Å². The van der Waals surface area contributed by atoms with Gasteiger partial charge in [-0.2, -0.15) is 0 Å². The van der Waals surface area contributed by atoms with E-state index in [1.165, 1.54) is 24.2 Å². The average molecular weight is 365 g/mol. The van der Waals surface area contributed by atoms with E-state index in [0.29, 0.717) is 5.91 Å². The van der Waals surface area contributed by atoms with E-state index in [2.05, 4.69) is 9.80 Å². The molecule has 1 aromatic rings. The number of carbonyl (C=O) groups excluding carboxylic acids is 2. The monoisotopic (exact) mass is 364 g/mol. The van der Waals surface area contributed by atoms with E-state index in [0.717, 1.165) is 55.9 Å². The lowest BCUT2D eigenvalue weighted by Gasteiger charge is -2.44. The van der Waals surface area contributed by atoms with Gasteiger partial charge in [-0.15, -0.1) is 23.1 Å². The number of hydrogen-bond donors (Lipinski definition) is 0. The first-order valence-electron chi connectivity index (χ1n) is 8.98. The van der Waals surface area contributed by atoms with Crippen LogP contribution in [0, 0.1) is 5.92 Å². The number of rotatable bonds is 2. The Hall–Kier alpha value is -1.01. The van der Waals surface area contributed by atoms with Crippen molar-refractivity contribution < 1.29 is 9.59 Å². The Balaban J connectivity index is 1.43. The number of likely N-dealkylation sites (tertiary alicyclic amines) is 1. The highest BCUT2D eigenvalue weighted by Crippen LogP contribution is 2.45. The van der Waals surface area contributed by atoms with E-state index in [1.807, 2.05) is 29.3 Å². The van der Waals surface area contributed by atoms with Crippen molar-refractivity contribution in [2.24, 2.45) is 5.92 Å². The van der Waals surface area contributed by atoms with Crippen molar-refractivity contribution in [1.29, 1.82) is 0 Å². The summed E-state index contributed by atoms with van der Waals surface area (Å²) >= 11 is 3.44. The van der Waals surface area contributed by atoms with Crippen LogP contribution in [0.1, 0.15) is 48.2 Å². The molecule has 6 heteroatoms. The fraction of sp³-hybridized carbons (Fsp3) is 0.667. The van der Waals surface area contributed by atoms with Gasteiger partial charge < -0.3 is 9.80 Å². The molecule has 130 valence electrons. The minimum Gasteiger partial charge on any atom is -0.342 e. The zero-order chi connectivity index (χ0) is 16.6. The molecule has 3 fully saturated rings. The second kappa shape index (κ2) is 6.71. The van der Waals surface area contributed by atoms with Crippen molar-refractivity contribution in [3.05, 3.63) is 22.4 Å². The van der Waals surface area contributed by atoms with Crippen LogP contribution in [0.3, 0.4) is 0 Å². The van der Waals surface area contributed by atoms with Crippen LogP contribution in [0.2, 0.25) is 0 Å². The summed E-state index contributed by atoms with van der Waals surface area (Å²) < 4.78 is 0. The Labute approximate surface area is 151 Å². The van der Waals surface area contributed by atoms with E-state index < -0.39 is 0 Å². The van der Waals surface area contributed by atoms with Crippen LogP contribution in [-0.2, 0) is 4.79 Å². The summed E-state index contributed by atoms with van der Waals surface area (Å²) in [7, 11) is 0. The Morgan fingerprint density at radius 3 is 2.54 bits per heavy atom. The first-order valence-corrected chi connectivity index (χ1v) is 10.8. The van der Waals surface area contributed by atoms with Gasteiger partial charge in [0.15, 0.2) is 0 Å². The van der Waals surface area contributed by atoms with Gasteiger partial charge in [-0.05, 0) is 37.1 Å². The van der Waals surface area contributed by atoms with Crippen LogP contribution in [0.4, 0.5) is 0 Å². The molecule has 1 aliphatic carbocycles. The summed E-state index contributed by atoms with van der Waals surface area (Å²) in [4.78, 5) is 30.4. The average Bonchev–Trinajstić information content (AvgIpc) is 3.36. The molecule has 0 radical (unpaired) electrons.